The Morgan fingerprint density at radius 2 is 2.05 bits per heavy atom. The number of benzene rings is 1. The zero-order valence-electron chi connectivity index (χ0n) is 11.8. The fraction of sp³-hybridized carbons (Fsp3) is 0.400. The van der Waals surface area contributed by atoms with Gasteiger partial charge in [0.25, 0.3) is 5.91 Å². The highest BCUT2D eigenvalue weighted by Crippen LogP contribution is 2.03. The molecule has 0 aliphatic rings. The van der Waals surface area contributed by atoms with Gasteiger partial charge in [-0.3, -0.25) is 9.59 Å². The van der Waals surface area contributed by atoms with Gasteiger partial charge in [0.2, 0.25) is 5.91 Å². The molecule has 0 atom stereocenters. The minimum absolute atomic E-state index is 0.0789. The predicted molar refractivity (Wildman–Crippen MR) is 76.0 cm³/mol. The van der Waals surface area contributed by atoms with E-state index in [1.807, 2.05) is 19.9 Å². The van der Waals surface area contributed by atoms with Crippen LogP contribution >= 0.6 is 0 Å². The lowest BCUT2D eigenvalue weighted by Crippen LogP contribution is -2.32. The van der Waals surface area contributed by atoms with Crippen LogP contribution in [0, 0.1) is 17.2 Å². The summed E-state index contributed by atoms with van der Waals surface area (Å²) in [6.07, 6.45) is 0.246. The average Bonchev–Trinajstić information content (AvgIpc) is 2.45. The van der Waals surface area contributed by atoms with Crippen LogP contribution in [-0.2, 0) is 4.79 Å². The fourth-order valence-electron chi connectivity index (χ4n) is 1.53. The minimum Gasteiger partial charge on any atom is -0.356 e. The van der Waals surface area contributed by atoms with E-state index >= 15 is 0 Å². The summed E-state index contributed by atoms with van der Waals surface area (Å²) in [5.74, 6) is 0.0470. The molecule has 0 fully saturated rings. The van der Waals surface area contributed by atoms with E-state index in [1.54, 1.807) is 18.2 Å². The van der Waals surface area contributed by atoms with Crippen LogP contribution in [0.1, 0.15) is 36.2 Å². The third-order valence-electron chi connectivity index (χ3n) is 2.60. The average molecular weight is 273 g/mol. The molecule has 0 aromatic heterocycles. The van der Waals surface area contributed by atoms with Crippen molar-refractivity contribution in [2.75, 3.05) is 13.1 Å². The van der Waals surface area contributed by atoms with E-state index in [-0.39, 0.29) is 24.8 Å². The van der Waals surface area contributed by atoms with Crippen LogP contribution in [0.4, 0.5) is 0 Å². The number of nitriles is 1. The molecule has 0 saturated heterocycles. The Morgan fingerprint density at radius 3 is 2.70 bits per heavy atom. The van der Waals surface area contributed by atoms with Gasteiger partial charge >= 0.3 is 0 Å². The van der Waals surface area contributed by atoms with Crippen LogP contribution in [0.15, 0.2) is 24.3 Å². The first kappa shape index (κ1) is 15.7. The Balaban J connectivity index is 2.36. The van der Waals surface area contributed by atoms with E-state index in [4.69, 9.17) is 5.26 Å². The molecule has 0 radical (unpaired) electrons. The fourth-order valence-corrected chi connectivity index (χ4v) is 1.53. The summed E-state index contributed by atoms with van der Waals surface area (Å²) in [7, 11) is 0. The quantitative estimate of drug-likeness (QED) is 0.823. The topological polar surface area (TPSA) is 82.0 Å². The second-order valence-electron chi connectivity index (χ2n) is 4.90. The first-order valence-corrected chi connectivity index (χ1v) is 6.58. The predicted octanol–water partition coefficient (Wildman–Crippen LogP) is 1.45. The van der Waals surface area contributed by atoms with Gasteiger partial charge in [0.05, 0.1) is 11.6 Å². The summed E-state index contributed by atoms with van der Waals surface area (Å²) in [4.78, 5) is 23.3. The second kappa shape index (κ2) is 7.95. The maximum atomic E-state index is 11.8. The van der Waals surface area contributed by atoms with Crippen LogP contribution < -0.4 is 10.6 Å². The van der Waals surface area contributed by atoms with Gasteiger partial charge in [-0.2, -0.15) is 5.26 Å². The van der Waals surface area contributed by atoms with Gasteiger partial charge in [-0.05, 0) is 24.1 Å². The van der Waals surface area contributed by atoms with Crippen molar-refractivity contribution in [2.24, 2.45) is 5.92 Å². The Bertz CT molecular complexity index is 518. The number of nitrogens with one attached hydrogen (secondary N) is 2. The lowest BCUT2D eigenvalue weighted by atomic mass is 10.1. The Hall–Kier alpha value is -2.35. The van der Waals surface area contributed by atoms with Crippen LogP contribution in [0.3, 0.4) is 0 Å². The summed E-state index contributed by atoms with van der Waals surface area (Å²) in [5, 5.41) is 14.2. The number of hydrogen-bond donors (Lipinski definition) is 2. The lowest BCUT2D eigenvalue weighted by Gasteiger charge is -2.08. The molecule has 1 rings (SSSR count). The Morgan fingerprint density at radius 1 is 1.30 bits per heavy atom. The highest BCUT2D eigenvalue weighted by atomic mass is 16.2. The molecular formula is C15H19N3O2. The molecule has 0 saturated carbocycles. The molecule has 0 aliphatic carbocycles. The van der Waals surface area contributed by atoms with E-state index in [0.717, 1.165) is 0 Å². The molecule has 20 heavy (non-hydrogen) atoms. The van der Waals surface area contributed by atoms with Crippen LogP contribution in [0.25, 0.3) is 0 Å². The molecule has 1 aromatic rings. The monoisotopic (exact) mass is 273 g/mol. The van der Waals surface area contributed by atoms with Crippen molar-refractivity contribution >= 4 is 11.8 Å². The van der Waals surface area contributed by atoms with E-state index in [2.05, 4.69) is 10.6 Å². The van der Waals surface area contributed by atoms with Gasteiger partial charge in [-0.25, -0.2) is 0 Å². The molecule has 0 unspecified atom stereocenters. The number of carbonyl (C=O) groups is 2. The number of nitrogens with zero attached hydrogens (tertiary/aromatic N) is 1. The molecule has 2 amide bonds. The molecule has 0 aliphatic heterocycles. The van der Waals surface area contributed by atoms with E-state index in [0.29, 0.717) is 23.6 Å². The molecule has 1 aromatic carbocycles. The van der Waals surface area contributed by atoms with Crippen molar-refractivity contribution in [3.8, 4) is 6.07 Å². The molecule has 106 valence electrons. The molecule has 5 nitrogen and oxygen atoms in total. The molecule has 2 N–H and O–H groups in total. The lowest BCUT2D eigenvalue weighted by molar-refractivity contribution is -0.121. The normalized spacial score (nSPS) is 9.90. The Kier molecular flexibility index (Phi) is 6.24. The molecular weight excluding hydrogens is 254 g/mol. The molecule has 0 spiro atoms. The van der Waals surface area contributed by atoms with Crippen molar-refractivity contribution in [1.82, 2.24) is 10.6 Å². The first-order chi connectivity index (χ1) is 9.52. The number of amides is 2. The smallest absolute Gasteiger partial charge is 0.251 e. The van der Waals surface area contributed by atoms with E-state index < -0.39 is 0 Å². The van der Waals surface area contributed by atoms with Crippen LogP contribution in [0.2, 0.25) is 0 Å². The van der Waals surface area contributed by atoms with Gasteiger partial charge in [0, 0.05) is 25.1 Å². The van der Waals surface area contributed by atoms with E-state index in [1.165, 1.54) is 6.07 Å². The van der Waals surface area contributed by atoms with Crippen molar-refractivity contribution in [1.29, 1.82) is 5.26 Å². The van der Waals surface area contributed by atoms with Crippen molar-refractivity contribution in [3.63, 3.8) is 0 Å². The van der Waals surface area contributed by atoms with Gasteiger partial charge in [0.1, 0.15) is 0 Å². The van der Waals surface area contributed by atoms with Crippen LogP contribution in [-0.4, -0.2) is 24.9 Å². The standard InChI is InChI=1S/C15H19N3O2/c1-11(2)10-18-14(19)6-7-17-15(20)13-5-3-4-12(8-13)9-16/h3-5,8,11H,6-7,10H2,1-2H3,(H,17,20)(H,18,19). The molecule has 5 heteroatoms. The van der Waals surface area contributed by atoms with Crippen molar-refractivity contribution in [3.05, 3.63) is 35.4 Å². The van der Waals surface area contributed by atoms with Gasteiger partial charge in [-0.1, -0.05) is 19.9 Å². The third-order valence-corrected chi connectivity index (χ3v) is 2.60. The highest BCUT2D eigenvalue weighted by Gasteiger charge is 2.07. The largest absolute Gasteiger partial charge is 0.356 e. The SMILES string of the molecule is CC(C)CNC(=O)CCNC(=O)c1cccc(C#N)c1. The second-order valence-corrected chi connectivity index (χ2v) is 4.90. The summed E-state index contributed by atoms with van der Waals surface area (Å²) in [6.45, 7) is 4.95. The van der Waals surface area contributed by atoms with Gasteiger partial charge in [0.15, 0.2) is 0 Å². The van der Waals surface area contributed by atoms with Crippen molar-refractivity contribution in [2.45, 2.75) is 20.3 Å². The van der Waals surface area contributed by atoms with E-state index in [9.17, 15) is 9.59 Å². The maximum absolute atomic E-state index is 11.8. The zero-order chi connectivity index (χ0) is 15.0. The minimum atomic E-state index is -0.279. The summed E-state index contributed by atoms with van der Waals surface area (Å²) >= 11 is 0. The maximum Gasteiger partial charge on any atom is 0.251 e. The number of carbonyl (C=O) groups excluding carboxylic acids is 2. The summed E-state index contributed by atoms with van der Waals surface area (Å²) < 4.78 is 0. The highest BCUT2D eigenvalue weighted by molar-refractivity contribution is 5.94. The summed E-state index contributed by atoms with van der Waals surface area (Å²) in [6, 6.07) is 8.43. The van der Waals surface area contributed by atoms with Gasteiger partial charge in [-0.15, -0.1) is 0 Å². The Labute approximate surface area is 119 Å². The first-order valence-electron chi connectivity index (χ1n) is 6.58. The third kappa shape index (κ3) is 5.53. The zero-order valence-corrected chi connectivity index (χ0v) is 11.8. The molecule has 0 bridgehead atoms. The molecule has 0 heterocycles. The number of rotatable bonds is 6. The van der Waals surface area contributed by atoms with Crippen LogP contribution in [0.5, 0.6) is 0 Å². The van der Waals surface area contributed by atoms with Crippen molar-refractivity contribution < 1.29 is 9.59 Å². The number of hydrogen-bond acceptors (Lipinski definition) is 3. The summed E-state index contributed by atoms with van der Waals surface area (Å²) in [5.41, 5.74) is 0.860. The van der Waals surface area contributed by atoms with Gasteiger partial charge < -0.3 is 10.6 Å².